The first kappa shape index (κ1) is 16.5. The molecule has 0 radical (unpaired) electrons. The third-order valence-corrected chi connectivity index (χ3v) is 7.27. The number of carbonyl (C=O) groups is 2. The molecule has 23 heavy (non-hydrogen) atoms. The van der Waals surface area contributed by atoms with Crippen molar-refractivity contribution < 1.29 is 18.0 Å². The first-order valence-electron chi connectivity index (χ1n) is 7.22. The van der Waals surface area contributed by atoms with Gasteiger partial charge in [-0.2, -0.15) is 9.40 Å². The van der Waals surface area contributed by atoms with Crippen LogP contribution >= 0.6 is 11.8 Å². The standard InChI is InChI=1S/C13H18N4O4S2/c1-8-12(9(2)15(3)14-8)23(20,21)16-5-4-10(6-16)17-11(18)7-22-13(17)19/h10H,4-7H2,1-3H3. The molecule has 2 amide bonds. The predicted molar refractivity (Wildman–Crippen MR) is 84.5 cm³/mol. The number of hydrogen-bond donors (Lipinski definition) is 0. The number of thioether (sulfide) groups is 1. The largest absolute Gasteiger partial charge is 0.289 e. The van der Waals surface area contributed by atoms with Crippen molar-refractivity contribution >= 4 is 32.9 Å². The fraction of sp³-hybridized carbons (Fsp3) is 0.615. The van der Waals surface area contributed by atoms with Crippen LogP contribution in [0.3, 0.4) is 0 Å². The molecule has 1 unspecified atom stereocenters. The number of aromatic nitrogens is 2. The van der Waals surface area contributed by atoms with Gasteiger partial charge < -0.3 is 0 Å². The highest BCUT2D eigenvalue weighted by Gasteiger charge is 2.43. The highest BCUT2D eigenvalue weighted by atomic mass is 32.2. The van der Waals surface area contributed by atoms with Gasteiger partial charge in [0.2, 0.25) is 15.9 Å². The molecule has 0 bridgehead atoms. The summed E-state index contributed by atoms with van der Waals surface area (Å²) in [5, 5.41) is 3.87. The van der Waals surface area contributed by atoms with Crippen LogP contribution in [0.25, 0.3) is 0 Å². The van der Waals surface area contributed by atoms with Crippen LogP contribution in [-0.4, -0.2) is 63.4 Å². The number of rotatable bonds is 3. The normalized spacial score (nSPS) is 23.3. The SMILES string of the molecule is Cc1nn(C)c(C)c1S(=O)(=O)N1CCC(N2C(=O)CSC2=O)C1. The minimum Gasteiger partial charge on any atom is -0.273 e. The van der Waals surface area contributed by atoms with Crippen molar-refractivity contribution in [1.29, 1.82) is 0 Å². The van der Waals surface area contributed by atoms with Gasteiger partial charge in [-0.05, 0) is 20.3 Å². The molecule has 3 rings (SSSR count). The molecular weight excluding hydrogens is 340 g/mol. The van der Waals surface area contributed by atoms with Gasteiger partial charge in [-0.15, -0.1) is 0 Å². The van der Waals surface area contributed by atoms with E-state index in [9.17, 15) is 18.0 Å². The fourth-order valence-electron chi connectivity index (χ4n) is 3.11. The Bertz CT molecular complexity index is 770. The Balaban J connectivity index is 1.86. The summed E-state index contributed by atoms with van der Waals surface area (Å²) >= 11 is 0.970. The van der Waals surface area contributed by atoms with Crippen LogP contribution < -0.4 is 0 Å². The minimum absolute atomic E-state index is 0.142. The predicted octanol–water partition coefficient (Wildman–Crippen LogP) is 0.495. The number of aryl methyl sites for hydroxylation is 2. The lowest BCUT2D eigenvalue weighted by Crippen LogP contribution is -2.41. The third kappa shape index (κ3) is 2.58. The van der Waals surface area contributed by atoms with E-state index in [1.165, 1.54) is 9.21 Å². The van der Waals surface area contributed by atoms with Gasteiger partial charge in [0.25, 0.3) is 5.24 Å². The maximum absolute atomic E-state index is 12.9. The lowest BCUT2D eigenvalue weighted by Gasteiger charge is -2.21. The van der Waals surface area contributed by atoms with Gasteiger partial charge in [-0.1, -0.05) is 11.8 Å². The Morgan fingerprint density at radius 3 is 2.48 bits per heavy atom. The average Bonchev–Trinajstić information content (AvgIpc) is 3.11. The van der Waals surface area contributed by atoms with Crippen molar-refractivity contribution in [2.45, 2.75) is 31.2 Å². The fourth-order valence-corrected chi connectivity index (χ4v) is 5.78. The molecule has 126 valence electrons. The molecule has 0 saturated carbocycles. The summed E-state index contributed by atoms with van der Waals surface area (Å²) in [5.41, 5.74) is 1.03. The first-order valence-corrected chi connectivity index (χ1v) is 9.65. The van der Waals surface area contributed by atoms with Crippen molar-refractivity contribution in [3.8, 4) is 0 Å². The minimum atomic E-state index is -3.68. The second-order valence-electron chi connectivity index (χ2n) is 5.75. The number of nitrogens with zero attached hydrogens (tertiary/aromatic N) is 4. The van der Waals surface area contributed by atoms with Crippen molar-refractivity contribution in [3.05, 3.63) is 11.4 Å². The molecule has 1 aromatic rings. The summed E-state index contributed by atoms with van der Waals surface area (Å²) in [6.07, 6.45) is 0.468. The zero-order valence-electron chi connectivity index (χ0n) is 13.1. The van der Waals surface area contributed by atoms with Crippen LogP contribution in [0.1, 0.15) is 17.8 Å². The maximum Gasteiger partial charge on any atom is 0.289 e. The Hall–Kier alpha value is -1.39. The summed E-state index contributed by atoms with van der Waals surface area (Å²) < 4.78 is 28.7. The second kappa shape index (κ2) is 5.60. The van der Waals surface area contributed by atoms with Crippen molar-refractivity contribution in [2.75, 3.05) is 18.8 Å². The summed E-state index contributed by atoms with van der Waals surface area (Å²) in [7, 11) is -1.98. The maximum atomic E-state index is 12.9. The van der Waals surface area contributed by atoms with Gasteiger partial charge >= 0.3 is 0 Å². The van der Waals surface area contributed by atoms with Gasteiger partial charge in [0.05, 0.1) is 23.2 Å². The zero-order chi connectivity index (χ0) is 16.9. The first-order chi connectivity index (χ1) is 10.7. The Morgan fingerprint density at radius 2 is 1.96 bits per heavy atom. The summed E-state index contributed by atoms with van der Waals surface area (Å²) in [5.74, 6) is -0.0962. The average molecular weight is 358 g/mol. The molecule has 8 nitrogen and oxygen atoms in total. The van der Waals surface area contributed by atoms with Crippen molar-refractivity contribution in [3.63, 3.8) is 0 Å². The highest BCUT2D eigenvalue weighted by molar-refractivity contribution is 8.14. The van der Waals surface area contributed by atoms with E-state index in [-0.39, 0.29) is 34.4 Å². The van der Waals surface area contributed by atoms with Gasteiger partial charge in [-0.3, -0.25) is 19.2 Å². The van der Waals surface area contributed by atoms with Crippen LogP contribution in [0, 0.1) is 13.8 Å². The number of carbonyl (C=O) groups excluding carboxylic acids is 2. The molecule has 3 heterocycles. The molecule has 2 aliphatic heterocycles. The van der Waals surface area contributed by atoms with Crippen LogP contribution in [0.5, 0.6) is 0 Å². The number of sulfonamides is 1. The second-order valence-corrected chi connectivity index (χ2v) is 8.55. The lowest BCUT2D eigenvalue weighted by molar-refractivity contribution is -0.126. The Morgan fingerprint density at radius 1 is 1.26 bits per heavy atom. The van der Waals surface area contributed by atoms with E-state index in [2.05, 4.69) is 5.10 Å². The van der Waals surface area contributed by atoms with E-state index in [0.717, 1.165) is 11.8 Å². The van der Waals surface area contributed by atoms with E-state index >= 15 is 0 Å². The summed E-state index contributed by atoms with van der Waals surface area (Å²) in [6, 6.07) is -0.378. The number of hydrogen-bond acceptors (Lipinski definition) is 6. The summed E-state index contributed by atoms with van der Waals surface area (Å²) in [6.45, 7) is 3.82. The molecule has 0 aromatic carbocycles. The van der Waals surface area contributed by atoms with Gasteiger partial charge in [0.15, 0.2) is 0 Å². The monoisotopic (exact) mass is 358 g/mol. The Labute approximate surface area is 138 Å². The van der Waals surface area contributed by atoms with Crippen LogP contribution in [0.4, 0.5) is 4.79 Å². The van der Waals surface area contributed by atoms with E-state index in [1.807, 2.05) is 0 Å². The van der Waals surface area contributed by atoms with E-state index < -0.39 is 10.0 Å². The highest BCUT2D eigenvalue weighted by Crippen LogP contribution is 2.30. The quantitative estimate of drug-likeness (QED) is 0.781. The molecule has 0 spiro atoms. The molecule has 1 atom stereocenters. The van der Waals surface area contributed by atoms with E-state index in [0.29, 0.717) is 24.4 Å². The van der Waals surface area contributed by atoms with Crippen molar-refractivity contribution in [2.24, 2.45) is 7.05 Å². The lowest BCUT2D eigenvalue weighted by atomic mass is 10.2. The number of amides is 2. The molecule has 1 aromatic heterocycles. The van der Waals surface area contributed by atoms with Gasteiger partial charge in [0.1, 0.15) is 4.90 Å². The van der Waals surface area contributed by atoms with Crippen LogP contribution in [0.15, 0.2) is 4.90 Å². The summed E-state index contributed by atoms with van der Waals surface area (Å²) in [4.78, 5) is 25.0. The molecule has 0 aliphatic carbocycles. The molecule has 2 saturated heterocycles. The molecule has 2 aliphatic rings. The number of imide groups is 1. The topological polar surface area (TPSA) is 92.6 Å². The molecular formula is C13H18N4O4S2. The third-order valence-electron chi connectivity index (χ3n) is 4.32. The smallest absolute Gasteiger partial charge is 0.273 e. The molecule has 10 heteroatoms. The van der Waals surface area contributed by atoms with Crippen LogP contribution in [0.2, 0.25) is 0 Å². The van der Waals surface area contributed by atoms with Crippen molar-refractivity contribution in [1.82, 2.24) is 19.0 Å². The zero-order valence-corrected chi connectivity index (χ0v) is 14.8. The van der Waals surface area contributed by atoms with E-state index in [1.54, 1.807) is 25.6 Å². The van der Waals surface area contributed by atoms with E-state index in [4.69, 9.17) is 0 Å². The molecule has 2 fully saturated rings. The van der Waals surface area contributed by atoms with Crippen LogP contribution in [-0.2, 0) is 21.9 Å². The molecule has 0 N–H and O–H groups in total. The van der Waals surface area contributed by atoms with Gasteiger partial charge in [-0.25, -0.2) is 8.42 Å². The Kier molecular flexibility index (Phi) is 4.01. The van der Waals surface area contributed by atoms with Gasteiger partial charge in [0, 0.05) is 20.1 Å².